The van der Waals surface area contributed by atoms with Crippen LogP contribution in [0.4, 0.5) is 0 Å². The molecule has 0 atom stereocenters. The van der Waals surface area contributed by atoms with Gasteiger partial charge in [0, 0.05) is 15.7 Å². The summed E-state index contributed by atoms with van der Waals surface area (Å²) in [6, 6.07) is 6.03. The first kappa shape index (κ1) is 14.1. The summed E-state index contributed by atoms with van der Waals surface area (Å²) >= 11 is 3.48. The number of aryl methyl sites for hydroxylation is 1. The predicted molar refractivity (Wildman–Crippen MR) is 81.2 cm³/mol. The first-order valence-corrected chi connectivity index (χ1v) is 7.05. The number of nitrogens with one attached hydrogen (secondary N) is 2. The lowest BCUT2D eigenvalue weighted by atomic mass is 10.2. The average Bonchev–Trinajstić information content (AvgIpc) is 2.66. The van der Waals surface area contributed by atoms with Gasteiger partial charge < -0.3 is 5.32 Å². The lowest BCUT2D eigenvalue weighted by Crippen LogP contribution is -2.15. The van der Waals surface area contributed by atoms with E-state index in [9.17, 15) is 4.79 Å². The highest BCUT2D eigenvalue weighted by molar-refractivity contribution is 9.10. The Morgan fingerprint density at radius 3 is 2.74 bits per heavy atom. The van der Waals surface area contributed by atoms with E-state index in [1.807, 2.05) is 37.7 Å². The largest absolute Gasteiger partial charge is 0.319 e. The van der Waals surface area contributed by atoms with Crippen LogP contribution >= 0.6 is 15.9 Å². The molecule has 0 aliphatic rings. The van der Waals surface area contributed by atoms with Crippen LogP contribution < -0.4 is 10.9 Å². The van der Waals surface area contributed by atoms with Crippen LogP contribution in [-0.2, 0) is 6.42 Å². The molecule has 102 valence electrons. The Kier molecular flexibility index (Phi) is 4.27. The van der Waals surface area contributed by atoms with Gasteiger partial charge in [-0.05, 0) is 57.6 Å². The first-order chi connectivity index (χ1) is 9.04. The second kappa shape index (κ2) is 5.75. The van der Waals surface area contributed by atoms with Gasteiger partial charge in [-0.3, -0.25) is 14.6 Å². The fraction of sp³-hybridized carbons (Fsp3) is 0.357. The molecule has 0 unspecified atom stereocenters. The van der Waals surface area contributed by atoms with E-state index in [4.69, 9.17) is 0 Å². The standard InChI is InChI=1S/C14H18BrN3O/c1-9-8-11(4-5-13(9)15)18-10(2)12(6-7-16-3)14(19)17-18/h4-5,8,16H,6-7H2,1-3H3,(H,17,19). The predicted octanol–water partition coefficient (Wildman–Crippen LogP) is 2.31. The molecule has 2 rings (SSSR count). The Labute approximate surface area is 120 Å². The quantitative estimate of drug-likeness (QED) is 0.907. The highest BCUT2D eigenvalue weighted by Crippen LogP contribution is 2.20. The number of nitrogens with zero attached hydrogens (tertiary/aromatic N) is 1. The number of benzene rings is 1. The van der Waals surface area contributed by atoms with Crippen molar-refractivity contribution in [2.24, 2.45) is 0 Å². The molecular weight excluding hydrogens is 306 g/mol. The molecule has 0 bridgehead atoms. The fourth-order valence-corrected chi connectivity index (χ4v) is 2.37. The second-order valence-electron chi connectivity index (χ2n) is 4.63. The third kappa shape index (κ3) is 2.82. The van der Waals surface area contributed by atoms with Crippen LogP contribution in [0.5, 0.6) is 0 Å². The van der Waals surface area contributed by atoms with E-state index in [-0.39, 0.29) is 5.56 Å². The maximum Gasteiger partial charge on any atom is 0.267 e. The molecule has 0 saturated heterocycles. The third-order valence-corrected chi connectivity index (χ3v) is 4.17. The van der Waals surface area contributed by atoms with Crippen molar-refractivity contribution in [2.75, 3.05) is 13.6 Å². The summed E-state index contributed by atoms with van der Waals surface area (Å²) < 4.78 is 2.92. The minimum absolute atomic E-state index is 0.00618. The molecule has 1 aromatic carbocycles. The zero-order valence-electron chi connectivity index (χ0n) is 11.4. The molecule has 5 heteroatoms. The second-order valence-corrected chi connectivity index (χ2v) is 5.48. The van der Waals surface area contributed by atoms with Gasteiger partial charge in [-0.25, -0.2) is 0 Å². The minimum atomic E-state index is -0.00618. The molecular formula is C14H18BrN3O. The number of halogens is 1. The van der Waals surface area contributed by atoms with Crippen molar-refractivity contribution in [1.82, 2.24) is 15.1 Å². The van der Waals surface area contributed by atoms with Gasteiger partial charge in [0.25, 0.3) is 5.56 Å². The van der Waals surface area contributed by atoms with Crippen molar-refractivity contribution in [3.8, 4) is 5.69 Å². The van der Waals surface area contributed by atoms with E-state index < -0.39 is 0 Å². The third-order valence-electron chi connectivity index (χ3n) is 3.28. The zero-order valence-corrected chi connectivity index (χ0v) is 13.0. The van der Waals surface area contributed by atoms with Crippen LogP contribution in [0.25, 0.3) is 5.69 Å². The van der Waals surface area contributed by atoms with E-state index in [2.05, 4.69) is 32.4 Å². The van der Waals surface area contributed by atoms with Crippen molar-refractivity contribution in [1.29, 1.82) is 0 Å². The summed E-state index contributed by atoms with van der Waals surface area (Å²) in [7, 11) is 1.89. The summed E-state index contributed by atoms with van der Waals surface area (Å²) in [6.45, 7) is 4.81. The van der Waals surface area contributed by atoms with E-state index >= 15 is 0 Å². The molecule has 0 spiro atoms. The monoisotopic (exact) mass is 323 g/mol. The van der Waals surface area contributed by atoms with Crippen LogP contribution in [0.3, 0.4) is 0 Å². The summed E-state index contributed by atoms with van der Waals surface area (Å²) in [4.78, 5) is 12.0. The van der Waals surface area contributed by atoms with E-state index in [0.29, 0.717) is 0 Å². The van der Waals surface area contributed by atoms with Crippen molar-refractivity contribution < 1.29 is 0 Å². The molecule has 1 aromatic heterocycles. The number of hydrogen-bond acceptors (Lipinski definition) is 2. The van der Waals surface area contributed by atoms with Gasteiger partial charge in [-0.1, -0.05) is 15.9 Å². The first-order valence-electron chi connectivity index (χ1n) is 6.26. The molecule has 2 aromatic rings. The maximum atomic E-state index is 12.0. The lowest BCUT2D eigenvalue weighted by Gasteiger charge is -2.08. The highest BCUT2D eigenvalue weighted by atomic mass is 79.9. The Bertz CT molecular complexity index is 643. The van der Waals surface area contributed by atoms with Gasteiger partial charge in [-0.2, -0.15) is 0 Å². The molecule has 0 radical (unpaired) electrons. The number of aromatic amines is 1. The molecule has 2 N–H and O–H groups in total. The highest BCUT2D eigenvalue weighted by Gasteiger charge is 2.12. The van der Waals surface area contributed by atoms with Crippen molar-refractivity contribution in [2.45, 2.75) is 20.3 Å². The summed E-state index contributed by atoms with van der Waals surface area (Å²) in [5.41, 5.74) is 3.93. The van der Waals surface area contributed by atoms with Crippen molar-refractivity contribution in [3.05, 3.63) is 49.8 Å². The normalized spacial score (nSPS) is 10.9. The SMILES string of the molecule is CNCCc1c(C)n(-c2ccc(Br)c(C)c2)[nH]c1=O. The van der Waals surface area contributed by atoms with Crippen molar-refractivity contribution in [3.63, 3.8) is 0 Å². The number of hydrogen-bond donors (Lipinski definition) is 2. The Hall–Kier alpha value is -1.33. The van der Waals surface area contributed by atoms with Crippen LogP contribution in [0, 0.1) is 13.8 Å². The zero-order chi connectivity index (χ0) is 14.0. The van der Waals surface area contributed by atoms with Crippen LogP contribution in [-0.4, -0.2) is 23.4 Å². The Morgan fingerprint density at radius 1 is 1.37 bits per heavy atom. The summed E-state index contributed by atoms with van der Waals surface area (Å²) in [5.74, 6) is 0. The number of likely N-dealkylation sites (N-methyl/N-ethyl adjacent to an activating group) is 1. The Morgan fingerprint density at radius 2 is 2.11 bits per heavy atom. The van der Waals surface area contributed by atoms with Gasteiger partial charge in [0.2, 0.25) is 0 Å². The molecule has 19 heavy (non-hydrogen) atoms. The van der Waals surface area contributed by atoms with Gasteiger partial charge in [0.05, 0.1) is 5.69 Å². The Balaban J connectivity index is 2.45. The molecule has 0 aliphatic heterocycles. The van der Waals surface area contributed by atoms with Crippen LogP contribution in [0.2, 0.25) is 0 Å². The number of H-pyrrole nitrogens is 1. The van der Waals surface area contributed by atoms with E-state index in [0.717, 1.165) is 39.9 Å². The molecule has 0 saturated carbocycles. The van der Waals surface area contributed by atoms with Gasteiger partial charge in [0.15, 0.2) is 0 Å². The summed E-state index contributed by atoms with van der Waals surface area (Å²) in [6.07, 6.45) is 0.736. The topological polar surface area (TPSA) is 49.8 Å². The van der Waals surface area contributed by atoms with Gasteiger partial charge >= 0.3 is 0 Å². The van der Waals surface area contributed by atoms with Crippen LogP contribution in [0.15, 0.2) is 27.5 Å². The fourth-order valence-electron chi connectivity index (χ4n) is 2.12. The molecule has 0 fully saturated rings. The van der Waals surface area contributed by atoms with Gasteiger partial charge in [-0.15, -0.1) is 0 Å². The smallest absolute Gasteiger partial charge is 0.267 e. The lowest BCUT2D eigenvalue weighted by molar-refractivity contribution is 0.783. The number of aromatic nitrogens is 2. The van der Waals surface area contributed by atoms with E-state index in [1.54, 1.807) is 0 Å². The van der Waals surface area contributed by atoms with Crippen LogP contribution in [0.1, 0.15) is 16.8 Å². The average molecular weight is 324 g/mol. The number of rotatable bonds is 4. The summed E-state index contributed by atoms with van der Waals surface area (Å²) in [5, 5.41) is 5.97. The molecule has 1 heterocycles. The van der Waals surface area contributed by atoms with Gasteiger partial charge in [0.1, 0.15) is 0 Å². The minimum Gasteiger partial charge on any atom is -0.319 e. The molecule has 0 amide bonds. The van der Waals surface area contributed by atoms with Crippen molar-refractivity contribution >= 4 is 15.9 Å². The van der Waals surface area contributed by atoms with E-state index in [1.165, 1.54) is 0 Å². The molecule has 4 nitrogen and oxygen atoms in total. The maximum absolute atomic E-state index is 12.0. The molecule has 0 aliphatic carbocycles.